The van der Waals surface area contributed by atoms with Gasteiger partial charge in [-0.15, -0.1) is 6.42 Å². The van der Waals surface area contributed by atoms with E-state index < -0.39 is 11.9 Å². The summed E-state index contributed by atoms with van der Waals surface area (Å²) in [6, 6.07) is 6.51. The molecule has 0 unspecified atom stereocenters. The number of hydrogen-bond donors (Lipinski definition) is 0. The summed E-state index contributed by atoms with van der Waals surface area (Å²) in [4.78, 5) is 36.2. The number of amides is 2. The van der Waals surface area contributed by atoms with E-state index in [1.165, 1.54) is 7.11 Å². The van der Waals surface area contributed by atoms with Crippen molar-refractivity contribution in [3.05, 3.63) is 40.3 Å². The average Bonchev–Trinajstić information content (AvgIpc) is 2.75. The maximum absolute atomic E-state index is 12.0. The second-order valence-corrected chi connectivity index (χ2v) is 5.08. The fourth-order valence-corrected chi connectivity index (χ4v) is 2.55. The largest absolute Gasteiger partial charge is 0.465 e. The van der Waals surface area contributed by atoms with Gasteiger partial charge in [0.25, 0.3) is 11.1 Å². The molecule has 0 aliphatic carbocycles. The maximum atomic E-state index is 12.0. The van der Waals surface area contributed by atoms with Crippen molar-refractivity contribution in [3.63, 3.8) is 0 Å². The van der Waals surface area contributed by atoms with Crippen molar-refractivity contribution in [2.45, 2.75) is 0 Å². The van der Waals surface area contributed by atoms with Crippen molar-refractivity contribution < 1.29 is 19.1 Å². The number of benzene rings is 1. The smallest absolute Gasteiger partial charge is 0.337 e. The minimum Gasteiger partial charge on any atom is -0.465 e. The van der Waals surface area contributed by atoms with Gasteiger partial charge < -0.3 is 4.74 Å². The van der Waals surface area contributed by atoms with E-state index in [1.54, 1.807) is 30.3 Å². The van der Waals surface area contributed by atoms with Gasteiger partial charge >= 0.3 is 5.97 Å². The molecule has 0 bridgehead atoms. The monoisotopic (exact) mass is 301 g/mol. The Kier molecular flexibility index (Phi) is 4.45. The summed E-state index contributed by atoms with van der Waals surface area (Å²) in [6.07, 6.45) is 6.71. The van der Waals surface area contributed by atoms with Crippen molar-refractivity contribution >= 4 is 35.0 Å². The Balaban J connectivity index is 2.21. The predicted octanol–water partition coefficient (Wildman–Crippen LogP) is 2.14. The molecule has 0 spiro atoms. The molecule has 0 N–H and O–H groups in total. The number of nitrogens with zero attached hydrogens (tertiary/aromatic N) is 1. The molecule has 1 fully saturated rings. The van der Waals surface area contributed by atoms with E-state index in [2.05, 4.69) is 10.7 Å². The fourth-order valence-electron chi connectivity index (χ4n) is 1.71. The van der Waals surface area contributed by atoms with Crippen LogP contribution < -0.4 is 0 Å². The molecule has 6 heteroatoms. The van der Waals surface area contributed by atoms with Crippen LogP contribution in [0.25, 0.3) is 6.08 Å². The molecular formula is C15H11NO4S. The Labute approximate surface area is 126 Å². The van der Waals surface area contributed by atoms with E-state index >= 15 is 0 Å². The lowest BCUT2D eigenvalue weighted by Gasteiger charge is -2.06. The van der Waals surface area contributed by atoms with Crippen LogP contribution in [0.2, 0.25) is 0 Å². The van der Waals surface area contributed by atoms with E-state index in [4.69, 9.17) is 6.42 Å². The molecule has 106 valence electrons. The van der Waals surface area contributed by atoms with Gasteiger partial charge in [-0.1, -0.05) is 18.1 Å². The zero-order valence-corrected chi connectivity index (χ0v) is 12.0. The number of ether oxygens (including phenoxy) is 1. The van der Waals surface area contributed by atoms with Crippen molar-refractivity contribution in [1.29, 1.82) is 0 Å². The summed E-state index contributed by atoms with van der Waals surface area (Å²) in [7, 11) is 1.30. The molecule has 2 rings (SSSR count). The lowest BCUT2D eigenvalue weighted by atomic mass is 10.1. The fraction of sp³-hybridized carbons (Fsp3) is 0.133. The minimum atomic E-state index is -0.434. The molecular weight excluding hydrogens is 290 g/mol. The Hall–Kier alpha value is -2.52. The van der Waals surface area contributed by atoms with E-state index in [9.17, 15) is 14.4 Å². The van der Waals surface area contributed by atoms with Crippen LogP contribution in [0.15, 0.2) is 29.2 Å². The highest BCUT2D eigenvalue weighted by Crippen LogP contribution is 2.31. The van der Waals surface area contributed by atoms with Crippen LogP contribution in [0.3, 0.4) is 0 Å². The first-order valence-corrected chi connectivity index (χ1v) is 6.75. The first-order chi connectivity index (χ1) is 10.1. The van der Waals surface area contributed by atoms with Gasteiger partial charge in [0, 0.05) is 0 Å². The topological polar surface area (TPSA) is 63.7 Å². The van der Waals surface area contributed by atoms with Crippen molar-refractivity contribution in [2.75, 3.05) is 13.7 Å². The number of terminal acetylenes is 1. The molecule has 1 aromatic rings. The van der Waals surface area contributed by atoms with E-state index in [-0.39, 0.29) is 11.8 Å². The number of carbonyl (C=O) groups is 3. The average molecular weight is 301 g/mol. The number of esters is 1. The molecule has 2 amide bonds. The lowest BCUT2D eigenvalue weighted by molar-refractivity contribution is -0.122. The van der Waals surface area contributed by atoms with E-state index in [0.29, 0.717) is 16.0 Å². The molecule has 21 heavy (non-hydrogen) atoms. The molecule has 1 aliphatic heterocycles. The Morgan fingerprint density at radius 3 is 2.62 bits per heavy atom. The molecule has 0 saturated carbocycles. The molecule has 0 aromatic heterocycles. The van der Waals surface area contributed by atoms with Gasteiger partial charge in [0.15, 0.2) is 0 Å². The number of hydrogen-bond acceptors (Lipinski definition) is 5. The van der Waals surface area contributed by atoms with Gasteiger partial charge in [-0.25, -0.2) is 4.79 Å². The van der Waals surface area contributed by atoms with Crippen LogP contribution in [0, 0.1) is 12.3 Å². The first kappa shape index (κ1) is 14.9. The number of methoxy groups -OCH3 is 1. The van der Waals surface area contributed by atoms with E-state index in [0.717, 1.165) is 16.7 Å². The third kappa shape index (κ3) is 3.15. The first-order valence-electron chi connectivity index (χ1n) is 5.94. The zero-order valence-electron chi connectivity index (χ0n) is 11.2. The second kappa shape index (κ2) is 6.29. The lowest BCUT2D eigenvalue weighted by Crippen LogP contribution is -2.28. The number of rotatable bonds is 3. The second-order valence-electron chi connectivity index (χ2n) is 4.09. The summed E-state index contributed by atoms with van der Waals surface area (Å²) < 4.78 is 4.60. The molecule has 0 radical (unpaired) electrons. The number of imide groups is 1. The van der Waals surface area contributed by atoms with Crippen LogP contribution in [0.1, 0.15) is 15.9 Å². The highest BCUT2D eigenvalue weighted by Gasteiger charge is 2.34. The number of carbonyl (C=O) groups excluding carboxylic acids is 3. The Bertz CT molecular complexity index is 670. The van der Waals surface area contributed by atoms with Gasteiger partial charge in [0.05, 0.1) is 24.1 Å². The van der Waals surface area contributed by atoms with Gasteiger partial charge in [-0.2, -0.15) is 0 Å². The van der Waals surface area contributed by atoms with Crippen LogP contribution in [-0.4, -0.2) is 35.7 Å². The third-order valence-corrected chi connectivity index (χ3v) is 3.66. The van der Waals surface area contributed by atoms with Gasteiger partial charge in [-0.3, -0.25) is 14.5 Å². The van der Waals surface area contributed by atoms with Gasteiger partial charge in [-0.05, 0) is 35.5 Å². The normalized spacial score (nSPS) is 16.2. The van der Waals surface area contributed by atoms with Crippen molar-refractivity contribution in [3.8, 4) is 12.3 Å². The summed E-state index contributed by atoms with van der Waals surface area (Å²) in [5.41, 5.74) is 1.11. The minimum absolute atomic E-state index is 0.0384. The molecule has 1 aliphatic rings. The Morgan fingerprint density at radius 1 is 1.38 bits per heavy atom. The van der Waals surface area contributed by atoms with Crippen LogP contribution in [-0.2, 0) is 9.53 Å². The molecule has 5 nitrogen and oxygen atoms in total. The standard InChI is InChI=1S/C15H11NO4S/c1-3-8-16-13(17)12(21-15(16)19)9-10-4-6-11(7-5-10)14(18)20-2/h1,4-7,9H,8H2,2H3/b12-9+. The van der Waals surface area contributed by atoms with Crippen LogP contribution in [0.5, 0.6) is 0 Å². The molecule has 1 heterocycles. The number of thioether (sulfide) groups is 1. The van der Waals surface area contributed by atoms with Crippen LogP contribution in [0.4, 0.5) is 4.79 Å². The summed E-state index contributed by atoms with van der Waals surface area (Å²) in [6.45, 7) is -0.0384. The SMILES string of the molecule is C#CCN1C(=O)S/C(=C/c2ccc(C(=O)OC)cc2)C1=O. The highest BCUT2D eigenvalue weighted by molar-refractivity contribution is 8.18. The summed E-state index contributed by atoms with van der Waals surface area (Å²) in [5, 5.41) is -0.379. The molecule has 1 saturated heterocycles. The molecule has 1 aromatic carbocycles. The van der Waals surface area contributed by atoms with Crippen LogP contribution >= 0.6 is 11.8 Å². The summed E-state index contributed by atoms with van der Waals surface area (Å²) >= 11 is 0.843. The predicted molar refractivity (Wildman–Crippen MR) is 79.3 cm³/mol. The van der Waals surface area contributed by atoms with Gasteiger partial charge in [0.1, 0.15) is 0 Å². The zero-order chi connectivity index (χ0) is 15.4. The Morgan fingerprint density at radius 2 is 2.05 bits per heavy atom. The van der Waals surface area contributed by atoms with Crippen molar-refractivity contribution in [2.24, 2.45) is 0 Å². The molecule has 0 atom stereocenters. The highest BCUT2D eigenvalue weighted by atomic mass is 32.2. The van der Waals surface area contributed by atoms with Gasteiger partial charge in [0.2, 0.25) is 0 Å². The third-order valence-electron chi connectivity index (χ3n) is 2.75. The summed E-state index contributed by atoms with van der Waals surface area (Å²) in [5.74, 6) is 1.44. The quantitative estimate of drug-likeness (QED) is 0.486. The van der Waals surface area contributed by atoms with E-state index in [1.807, 2.05) is 0 Å². The maximum Gasteiger partial charge on any atom is 0.337 e. The van der Waals surface area contributed by atoms with Crippen molar-refractivity contribution in [1.82, 2.24) is 4.90 Å².